The first-order chi connectivity index (χ1) is 13.8. The number of nitrogens with zero attached hydrogens (tertiary/aromatic N) is 2. The summed E-state index contributed by atoms with van der Waals surface area (Å²) in [5, 5.41) is 0.684. The monoisotopic (exact) mass is 413 g/mol. The van der Waals surface area contributed by atoms with Crippen LogP contribution in [0.1, 0.15) is 20.8 Å². The summed E-state index contributed by atoms with van der Waals surface area (Å²) < 4.78 is 38.0. The zero-order valence-electron chi connectivity index (χ0n) is 14.9. The lowest BCUT2D eigenvalue weighted by atomic mass is 10.0. The summed E-state index contributed by atoms with van der Waals surface area (Å²) in [6.45, 7) is 0. The van der Waals surface area contributed by atoms with Gasteiger partial charge < -0.3 is 5.73 Å². The van der Waals surface area contributed by atoms with Crippen molar-refractivity contribution in [1.29, 1.82) is 0 Å². The van der Waals surface area contributed by atoms with E-state index in [0.717, 1.165) is 23.4 Å². The highest BCUT2D eigenvalue weighted by molar-refractivity contribution is 7.21. The van der Waals surface area contributed by atoms with Gasteiger partial charge in [-0.15, -0.1) is 11.3 Å². The standard InChI is InChI=1S/C21H14F3N3OS/c22-21(23,24)14-3-1-12(2-4-14)11-17(28)19-18(25)15-5-6-16(27-20(15)29-19)13-7-9-26-10-8-13/h1-10H,11,25H2. The second-order valence-electron chi connectivity index (χ2n) is 6.42. The Morgan fingerprint density at radius 2 is 1.69 bits per heavy atom. The summed E-state index contributed by atoms with van der Waals surface area (Å²) in [5.41, 5.74) is 7.87. The molecule has 0 spiro atoms. The molecule has 0 aliphatic heterocycles. The molecule has 0 radical (unpaired) electrons. The van der Waals surface area contributed by atoms with E-state index in [0.29, 0.717) is 26.3 Å². The van der Waals surface area contributed by atoms with Crippen molar-refractivity contribution in [3.8, 4) is 11.3 Å². The van der Waals surface area contributed by atoms with Gasteiger partial charge in [0.15, 0.2) is 5.78 Å². The summed E-state index contributed by atoms with van der Waals surface area (Å²) in [4.78, 5) is 22.3. The number of halogens is 3. The Labute approximate surface area is 167 Å². The van der Waals surface area contributed by atoms with Gasteiger partial charge in [0, 0.05) is 29.8 Å². The number of Topliss-reactive ketones (excluding diaryl/α,β-unsaturated/α-hetero) is 1. The van der Waals surface area contributed by atoms with Gasteiger partial charge in [0.1, 0.15) is 4.83 Å². The third kappa shape index (κ3) is 3.84. The lowest BCUT2D eigenvalue weighted by molar-refractivity contribution is -0.137. The number of rotatable bonds is 4. The quantitative estimate of drug-likeness (QED) is 0.456. The lowest BCUT2D eigenvalue weighted by Gasteiger charge is -2.07. The summed E-state index contributed by atoms with van der Waals surface area (Å²) in [6, 6.07) is 11.9. The van der Waals surface area contributed by atoms with E-state index in [-0.39, 0.29) is 12.2 Å². The van der Waals surface area contributed by atoms with Crippen LogP contribution in [0.15, 0.2) is 60.9 Å². The molecular weight excluding hydrogens is 399 g/mol. The van der Waals surface area contributed by atoms with Crippen molar-refractivity contribution in [2.24, 2.45) is 0 Å². The molecule has 4 aromatic rings. The molecule has 146 valence electrons. The number of carbonyl (C=O) groups is 1. The van der Waals surface area contributed by atoms with Gasteiger partial charge in [0.2, 0.25) is 0 Å². The normalized spacial score (nSPS) is 11.7. The Morgan fingerprint density at radius 1 is 1.00 bits per heavy atom. The first-order valence-electron chi connectivity index (χ1n) is 8.61. The minimum absolute atomic E-state index is 0.0353. The van der Waals surface area contributed by atoms with E-state index in [2.05, 4.69) is 9.97 Å². The maximum absolute atomic E-state index is 12.7. The van der Waals surface area contributed by atoms with Gasteiger partial charge in [-0.25, -0.2) is 4.98 Å². The van der Waals surface area contributed by atoms with Crippen molar-refractivity contribution in [1.82, 2.24) is 9.97 Å². The molecular formula is C21H14F3N3OS. The molecule has 0 bridgehead atoms. The lowest BCUT2D eigenvalue weighted by Crippen LogP contribution is -2.07. The molecule has 4 nitrogen and oxygen atoms in total. The zero-order valence-corrected chi connectivity index (χ0v) is 15.7. The largest absolute Gasteiger partial charge is 0.416 e. The summed E-state index contributed by atoms with van der Waals surface area (Å²) in [7, 11) is 0. The molecule has 29 heavy (non-hydrogen) atoms. The third-order valence-electron chi connectivity index (χ3n) is 4.47. The molecule has 3 aromatic heterocycles. The molecule has 0 unspecified atom stereocenters. The molecule has 1 aromatic carbocycles. The summed E-state index contributed by atoms with van der Waals surface area (Å²) >= 11 is 1.19. The van der Waals surface area contributed by atoms with E-state index in [1.165, 1.54) is 23.5 Å². The van der Waals surface area contributed by atoms with Crippen molar-refractivity contribution in [2.45, 2.75) is 12.6 Å². The highest BCUT2D eigenvalue weighted by atomic mass is 32.1. The Balaban J connectivity index is 1.61. The Morgan fingerprint density at radius 3 is 2.34 bits per heavy atom. The summed E-state index contributed by atoms with van der Waals surface area (Å²) in [6.07, 6.45) is -1.10. The number of hydrogen-bond donors (Lipinski definition) is 1. The molecule has 0 saturated carbocycles. The number of carbonyl (C=O) groups excluding carboxylic acids is 1. The second kappa shape index (κ2) is 7.29. The first kappa shape index (κ1) is 19.1. The van der Waals surface area contributed by atoms with Crippen molar-refractivity contribution in [3.63, 3.8) is 0 Å². The number of pyridine rings is 2. The minimum atomic E-state index is -4.41. The third-order valence-corrected chi connectivity index (χ3v) is 5.63. The van der Waals surface area contributed by atoms with Crippen LogP contribution in [0.3, 0.4) is 0 Å². The van der Waals surface area contributed by atoms with Crippen LogP contribution < -0.4 is 5.73 Å². The molecule has 0 amide bonds. The van der Waals surface area contributed by atoms with Crippen LogP contribution in [0, 0.1) is 0 Å². The number of nitrogens with two attached hydrogens (primary N) is 1. The van der Waals surface area contributed by atoms with E-state index < -0.39 is 11.7 Å². The van der Waals surface area contributed by atoms with Crippen LogP contribution in [-0.2, 0) is 12.6 Å². The molecule has 0 aliphatic carbocycles. The fourth-order valence-electron chi connectivity index (χ4n) is 2.97. The van der Waals surface area contributed by atoms with E-state index in [1.54, 1.807) is 12.4 Å². The predicted octanol–water partition coefficient (Wildman–Crippen LogP) is 5.38. The van der Waals surface area contributed by atoms with Crippen LogP contribution in [0.2, 0.25) is 0 Å². The average Bonchev–Trinajstić information content (AvgIpc) is 3.04. The number of fused-ring (bicyclic) bond motifs is 1. The maximum atomic E-state index is 12.7. The number of anilines is 1. The SMILES string of the molecule is Nc1c(C(=O)Cc2ccc(C(F)(F)F)cc2)sc2nc(-c3ccncc3)ccc12. The highest BCUT2D eigenvalue weighted by Gasteiger charge is 2.30. The molecule has 0 aliphatic rings. The predicted molar refractivity (Wildman–Crippen MR) is 107 cm³/mol. The molecule has 8 heteroatoms. The fourth-order valence-corrected chi connectivity index (χ4v) is 4.00. The number of benzene rings is 1. The Kier molecular flexibility index (Phi) is 4.79. The van der Waals surface area contributed by atoms with Gasteiger partial charge in [0.25, 0.3) is 0 Å². The second-order valence-corrected chi connectivity index (χ2v) is 7.42. The van der Waals surface area contributed by atoms with Crippen molar-refractivity contribution >= 4 is 33.0 Å². The summed E-state index contributed by atoms with van der Waals surface area (Å²) in [5.74, 6) is -0.254. The number of ketones is 1. The zero-order chi connectivity index (χ0) is 20.6. The van der Waals surface area contributed by atoms with Gasteiger partial charge in [-0.2, -0.15) is 13.2 Å². The number of hydrogen-bond acceptors (Lipinski definition) is 5. The maximum Gasteiger partial charge on any atom is 0.416 e. The average molecular weight is 413 g/mol. The van der Waals surface area contributed by atoms with Gasteiger partial charge in [-0.1, -0.05) is 12.1 Å². The van der Waals surface area contributed by atoms with Gasteiger partial charge in [-0.3, -0.25) is 9.78 Å². The van der Waals surface area contributed by atoms with Crippen LogP contribution >= 0.6 is 11.3 Å². The van der Waals surface area contributed by atoms with E-state index in [4.69, 9.17) is 5.73 Å². The van der Waals surface area contributed by atoms with E-state index >= 15 is 0 Å². The fraction of sp³-hybridized carbons (Fsp3) is 0.0952. The molecule has 0 fully saturated rings. The van der Waals surface area contributed by atoms with Gasteiger partial charge >= 0.3 is 6.18 Å². The van der Waals surface area contributed by atoms with Crippen molar-refractivity contribution in [3.05, 3.63) is 76.9 Å². The van der Waals surface area contributed by atoms with Crippen LogP contribution in [0.4, 0.5) is 18.9 Å². The van der Waals surface area contributed by atoms with Crippen LogP contribution in [0.25, 0.3) is 21.5 Å². The molecule has 2 N–H and O–H groups in total. The first-order valence-corrected chi connectivity index (χ1v) is 9.43. The number of nitrogen functional groups attached to an aromatic ring is 1. The van der Waals surface area contributed by atoms with Gasteiger partial charge in [-0.05, 0) is 42.0 Å². The topological polar surface area (TPSA) is 68.9 Å². The Bertz CT molecular complexity index is 1190. The number of aromatic nitrogens is 2. The van der Waals surface area contributed by atoms with Crippen LogP contribution in [-0.4, -0.2) is 15.8 Å². The molecule has 4 rings (SSSR count). The van der Waals surface area contributed by atoms with Gasteiger partial charge in [0.05, 0.1) is 21.8 Å². The Hall–Kier alpha value is -3.26. The highest BCUT2D eigenvalue weighted by Crippen LogP contribution is 2.35. The number of thiophene rings is 1. The van der Waals surface area contributed by atoms with E-state index in [9.17, 15) is 18.0 Å². The van der Waals surface area contributed by atoms with Crippen molar-refractivity contribution in [2.75, 3.05) is 5.73 Å². The minimum Gasteiger partial charge on any atom is -0.397 e. The van der Waals surface area contributed by atoms with Crippen LogP contribution in [0.5, 0.6) is 0 Å². The molecule has 0 atom stereocenters. The molecule has 3 heterocycles. The molecule has 0 saturated heterocycles. The van der Waals surface area contributed by atoms with Crippen molar-refractivity contribution < 1.29 is 18.0 Å². The smallest absolute Gasteiger partial charge is 0.397 e. The van der Waals surface area contributed by atoms with E-state index in [1.807, 2.05) is 24.3 Å². The number of alkyl halides is 3.